The summed E-state index contributed by atoms with van der Waals surface area (Å²) >= 11 is 0. The first kappa shape index (κ1) is 31.3. The van der Waals surface area contributed by atoms with Gasteiger partial charge in [0.1, 0.15) is 23.4 Å². The Morgan fingerprint density at radius 3 is 2.36 bits per heavy atom. The molecule has 0 bridgehead atoms. The van der Waals surface area contributed by atoms with Crippen molar-refractivity contribution in [1.82, 2.24) is 24.3 Å². The molecular weight excluding hydrogens is 528 g/mol. The molecule has 0 radical (unpaired) electrons. The maximum atomic E-state index is 13.8. The second kappa shape index (κ2) is 14.5. The number of aryl methyl sites for hydroxylation is 1. The first-order valence-corrected chi connectivity index (χ1v) is 15.3. The quantitative estimate of drug-likeness (QED) is 0.430. The molecule has 10 nitrogen and oxygen atoms in total. The van der Waals surface area contributed by atoms with E-state index in [1.54, 1.807) is 6.20 Å². The lowest BCUT2D eigenvalue weighted by Crippen LogP contribution is -2.45. The molecule has 2 fully saturated rings. The van der Waals surface area contributed by atoms with Crippen LogP contribution < -0.4 is 10.2 Å². The van der Waals surface area contributed by atoms with Gasteiger partial charge in [0.15, 0.2) is 0 Å². The molecule has 0 aliphatic carbocycles. The smallest absolute Gasteiger partial charge is 0.244 e. The van der Waals surface area contributed by atoms with Gasteiger partial charge in [0.05, 0.1) is 6.54 Å². The molecule has 1 aromatic heterocycles. The van der Waals surface area contributed by atoms with E-state index in [2.05, 4.69) is 58.0 Å². The predicted octanol–water partition coefficient (Wildman–Crippen LogP) is 4.04. The summed E-state index contributed by atoms with van der Waals surface area (Å²) < 4.78 is 2.05. The first-order valence-electron chi connectivity index (χ1n) is 15.3. The van der Waals surface area contributed by atoms with Gasteiger partial charge in [0.2, 0.25) is 11.8 Å². The number of aliphatic imine (C=N–C) groups is 1. The van der Waals surface area contributed by atoms with Crippen molar-refractivity contribution in [2.24, 2.45) is 4.99 Å². The summed E-state index contributed by atoms with van der Waals surface area (Å²) in [6, 6.07) is 7.81. The number of anilines is 2. The molecule has 3 heterocycles. The highest BCUT2D eigenvalue weighted by atomic mass is 16.2. The van der Waals surface area contributed by atoms with E-state index in [0.29, 0.717) is 32.6 Å². The van der Waals surface area contributed by atoms with Crippen molar-refractivity contribution in [2.45, 2.75) is 58.9 Å². The molecule has 1 atom stereocenters. The third-order valence-corrected chi connectivity index (χ3v) is 8.24. The third-order valence-electron chi connectivity index (χ3n) is 8.24. The van der Waals surface area contributed by atoms with Crippen LogP contribution in [0.2, 0.25) is 0 Å². The summed E-state index contributed by atoms with van der Waals surface area (Å²) in [7, 11) is 4.04. The standard InChI is InChI=1S/C32H48N8O2/c1-7-28-35-30(26-12-14-27(15-13-26)36(5)6)31(40(28)24(2)22-33-4)34-25(3)32(42)39-19-11-16-37(20-21-39)23-29(41)38-17-9-8-10-18-38/h12-15,22,25,34H,4,7-11,16-21,23H2,1-3,5-6H3/b24-22-. The zero-order chi connectivity index (χ0) is 30.2. The molecule has 1 N–H and O–H groups in total. The summed E-state index contributed by atoms with van der Waals surface area (Å²) in [5, 5.41) is 3.53. The van der Waals surface area contributed by atoms with Crippen LogP contribution in [0.5, 0.6) is 0 Å². The van der Waals surface area contributed by atoms with Gasteiger partial charge in [-0.1, -0.05) is 19.1 Å². The molecule has 1 unspecified atom stereocenters. The van der Waals surface area contributed by atoms with Crippen LogP contribution in [0, 0.1) is 0 Å². The Bertz CT molecular complexity index is 1260. The number of hydrogen-bond donors (Lipinski definition) is 1. The van der Waals surface area contributed by atoms with Crippen molar-refractivity contribution in [1.29, 1.82) is 0 Å². The number of piperidine rings is 1. The Morgan fingerprint density at radius 2 is 1.71 bits per heavy atom. The molecule has 228 valence electrons. The Labute approximate surface area is 251 Å². The first-order chi connectivity index (χ1) is 20.2. The Morgan fingerprint density at radius 1 is 1.02 bits per heavy atom. The average Bonchev–Trinajstić information content (AvgIpc) is 3.20. The number of rotatable bonds is 10. The summed E-state index contributed by atoms with van der Waals surface area (Å²) in [6.45, 7) is 14.6. The topological polar surface area (TPSA) is 89.3 Å². The largest absolute Gasteiger partial charge is 0.378 e. The van der Waals surface area contributed by atoms with Gasteiger partial charge in [-0.05, 0) is 58.4 Å². The highest BCUT2D eigenvalue weighted by molar-refractivity contribution is 5.87. The minimum Gasteiger partial charge on any atom is -0.378 e. The predicted molar refractivity (Wildman–Crippen MR) is 172 cm³/mol. The molecule has 2 saturated heterocycles. The van der Waals surface area contributed by atoms with E-state index in [1.165, 1.54) is 6.42 Å². The van der Waals surface area contributed by atoms with Crippen molar-refractivity contribution in [2.75, 3.05) is 70.1 Å². The molecule has 2 amide bonds. The second-order valence-electron chi connectivity index (χ2n) is 11.6. The van der Waals surface area contributed by atoms with E-state index >= 15 is 0 Å². The van der Waals surface area contributed by atoms with Crippen LogP contribution in [-0.4, -0.2) is 109 Å². The van der Waals surface area contributed by atoms with E-state index in [9.17, 15) is 9.59 Å². The van der Waals surface area contributed by atoms with E-state index in [4.69, 9.17) is 4.98 Å². The zero-order valence-corrected chi connectivity index (χ0v) is 26.1. The van der Waals surface area contributed by atoms with E-state index in [0.717, 1.165) is 73.2 Å². The minimum absolute atomic E-state index is 0.0439. The fraction of sp³-hybridized carbons (Fsp3) is 0.562. The van der Waals surface area contributed by atoms with Gasteiger partial charge in [-0.25, -0.2) is 4.98 Å². The van der Waals surface area contributed by atoms with Gasteiger partial charge in [-0.3, -0.25) is 24.0 Å². The van der Waals surface area contributed by atoms with Gasteiger partial charge in [0, 0.05) is 82.9 Å². The highest BCUT2D eigenvalue weighted by Crippen LogP contribution is 2.33. The van der Waals surface area contributed by atoms with Crippen LogP contribution in [0.1, 0.15) is 52.3 Å². The van der Waals surface area contributed by atoms with Crippen molar-refractivity contribution in [3.63, 3.8) is 0 Å². The fourth-order valence-corrected chi connectivity index (χ4v) is 5.85. The number of allylic oxidation sites excluding steroid dienone is 1. The lowest BCUT2D eigenvalue weighted by Gasteiger charge is -2.29. The van der Waals surface area contributed by atoms with Crippen LogP contribution >= 0.6 is 0 Å². The van der Waals surface area contributed by atoms with Crippen LogP contribution in [0.25, 0.3) is 17.0 Å². The van der Waals surface area contributed by atoms with E-state index in [-0.39, 0.29) is 11.8 Å². The molecule has 0 saturated carbocycles. The molecule has 2 aliphatic heterocycles. The Kier molecular flexibility index (Phi) is 10.8. The normalized spacial score (nSPS) is 17.5. The number of amides is 2. The van der Waals surface area contributed by atoms with Gasteiger partial charge in [0.25, 0.3) is 0 Å². The number of hydrogen-bond acceptors (Lipinski definition) is 7. The minimum atomic E-state index is -0.476. The molecular formula is C32H48N8O2. The maximum Gasteiger partial charge on any atom is 0.244 e. The lowest BCUT2D eigenvalue weighted by molar-refractivity contribution is -0.133. The van der Waals surface area contributed by atoms with Crippen LogP contribution in [0.4, 0.5) is 11.5 Å². The molecule has 4 rings (SSSR count). The summed E-state index contributed by atoms with van der Waals surface area (Å²) in [6.07, 6.45) is 6.68. The van der Waals surface area contributed by atoms with Gasteiger partial charge in [-0.2, -0.15) is 0 Å². The Balaban J connectivity index is 1.51. The zero-order valence-electron chi connectivity index (χ0n) is 26.1. The summed E-state index contributed by atoms with van der Waals surface area (Å²) in [4.78, 5) is 43.8. The van der Waals surface area contributed by atoms with Crippen LogP contribution in [0.15, 0.2) is 35.5 Å². The van der Waals surface area contributed by atoms with Gasteiger partial charge < -0.3 is 20.0 Å². The molecule has 10 heteroatoms. The SMILES string of the molecule is C=N/C=C(/C)n1c(CC)nc(-c2ccc(N(C)C)cc2)c1NC(C)C(=O)N1CCCN(CC(=O)N2CCCCC2)CC1. The van der Waals surface area contributed by atoms with Crippen molar-refractivity contribution in [3.8, 4) is 11.3 Å². The summed E-state index contributed by atoms with van der Waals surface area (Å²) in [5.41, 5.74) is 3.74. The van der Waals surface area contributed by atoms with Gasteiger partial charge in [-0.15, -0.1) is 0 Å². The molecule has 0 spiro atoms. The lowest BCUT2D eigenvalue weighted by atomic mass is 10.1. The molecule has 1 aromatic carbocycles. The van der Waals surface area contributed by atoms with Crippen molar-refractivity contribution >= 4 is 35.7 Å². The summed E-state index contributed by atoms with van der Waals surface area (Å²) in [5.74, 6) is 1.91. The van der Waals surface area contributed by atoms with Crippen LogP contribution in [-0.2, 0) is 16.0 Å². The fourth-order valence-electron chi connectivity index (χ4n) is 5.85. The number of nitrogens with one attached hydrogen (secondary N) is 1. The van der Waals surface area contributed by atoms with Crippen LogP contribution in [0.3, 0.4) is 0 Å². The number of aromatic nitrogens is 2. The highest BCUT2D eigenvalue weighted by Gasteiger charge is 2.28. The molecule has 42 heavy (non-hydrogen) atoms. The molecule has 2 aromatic rings. The monoisotopic (exact) mass is 576 g/mol. The van der Waals surface area contributed by atoms with Crippen molar-refractivity contribution < 1.29 is 9.59 Å². The Hall–Kier alpha value is -3.66. The number of imidazole rings is 1. The molecule has 2 aliphatic rings. The number of likely N-dealkylation sites (tertiary alicyclic amines) is 1. The number of carbonyl (C=O) groups excluding carboxylic acids is 2. The number of carbonyl (C=O) groups is 2. The second-order valence-corrected chi connectivity index (χ2v) is 11.6. The third kappa shape index (κ3) is 7.40. The van der Waals surface area contributed by atoms with Gasteiger partial charge >= 0.3 is 0 Å². The van der Waals surface area contributed by atoms with Crippen molar-refractivity contribution in [3.05, 3.63) is 36.3 Å². The van der Waals surface area contributed by atoms with E-state index in [1.807, 2.05) is 42.3 Å². The number of nitrogens with zero attached hydrogens (tertiary/aromatic N) is 7. The average molecular weight is 577 g/mol. The number of benzene rings is 1. The maximum absolute atomic E-state index is 13.8. The van der Waals surface area contributed by atoms with E-state index < -0.39 is 6.04 Å².